The Morgan fingerprint density at radius 1 is 0.326 bits per heavy atom. The van der Waals surface area contributed by atoms with Gasteiger partial charge in [0.05, 0.1) is 26.4 Å². The third kappa shape index (κ3) is 66.3. The van der Waals surface area contributed by atoms with E-state index in [9.17, 15) is 43.5 Å². The summed E-state index contributed by atoms with van der Waals surface area (Å²) in [5.74, 6) is -1.57. The van der Waals surface area contributed by atoms with E-state index in [0.29, 0.717) is 19.3 Å². The molecule has 518 valence electrons. The normalized spacial score (nSPS) is 14.6. The van der Waals surface area contributed by atoms with Crippen LogP contribution in [0, 0.1) is 0 Å². The lowest BCUT2D eigenvalue weighted by Gasteiger charge is -2.21. The van der Waals surface area contributed by atoms with Crippen LogP contribution in [0.1, 0.15) is 303 Å². The lowest BCUT2D eigenvalue weighted by atomic mass is 10.0. The number of carbonyl (C=O) groups is 3. The van der Waals surface area contributed by atoms with Crippen LogP contribution >= 0.6 is 15.6 Å². The molecule has 0 aromatic rings. The van der Waals surface area contributed by atoms with Gasteiger partial charge in [-0.3, -0.25) is 32.5 Å². The van der Waals surface area contributed by atoms with Crippen LogP contribution in [-0.4, -0.2) is 95.9 Å². The van der Waals surface area contributed by atoms with Crippen molar-refractivity contribution in [2.24, 2.45) is 0 Å². The van der Waals surface area contributed by atoms with Crippen LogP contribution in [-0.2, 0) is 55.8 Å². The number of hydrogen-bond acceptors (Lipinski definition) is 14. The number of aliphatic hydroxyl groups excluding tert-OH is 2. The summed E-state index contributed by atoms with van der Waals surface area (Å²) in [5.41, 5.74) is 0. The topological polar surface area (TPSA) is 231 Å². The maximum absolute atomic E-state index is 12.9. The monoisotopic (exact) mass is 1300 g/mol. The van der Waals surface area contributed by atoms with Gasteiger partial charge in [-0.25, -0.2) is 9.13 Å². The van der Waals surface area contributed by atoms with Gasteiger partial charge in [0.25, 0.3) is 0 Å². The second-order valence-electron chi connectivity index (χ2n) is 23.7. The van der Waals surface area contributed by atoms with Gasteiger partial charge >= 0.3 is 33.6 Å². The smallest absolute Gasteiger partial charge is 0.463 e. The van der Waals surface area contributed by atoms with Crippen molar-refractivity contribution >= 4 is 33.6 Å². The predicted octanol–water partition coefficient (Wildman–Crippen LogP) is 19.5. The van der Waals surface area contributed by atoms with Crippen molar-refractivity contribution in [1.29, 1.82) is 0 Å². The van der Waals surface area contributed by atoms with Crippen molar-refractivity contribution in [3.8, 4) is 0 Å². The molecule has 89 heavy (non-hydrogen) atoms. The Labute approximate surface area is 541 Å². The number of allylic oxidation sites excluding steroid dienone is 12. The standard InChI is InChI=1S/C71H128O16P2/c1-4-7-10-13-16-19-22-24-26-27-28-29-30-31-32-33-34-35-36-37-39-41-43-45-48-51-54-57-69(74)81-60-66(72)61-83-88(77,78)84-62-67(73)63-85-89(79,80)86-65-68(87-71(76)59-56-53-50-47-42-21-18-15-12-9-6-3)64-82-70(75)58-55-52-49-46-44-40-38-25-23-20-17-14-11-8-5-2/h7,10,16,19,24,26,28-29,31-32,34-35,66-68,72-73H,4-6,8-9,11-15,17-18,20-23,25,27,30,33,36-65H2,1-3H3,(H,77,78)(H,79,80)/b10-7-,19-16-,26-24-,29-28-,32-31-,35-34-. The minimum absolute atomic E-state index is 0.111. The van der Waals surface area contributed by atoms with E-state index in [2.05, 4.69) is 93.7 Å². The third-order valence-corrected chi connectivity index (χ3v) is 16.8. The fourth-order valence-electron chi connectivity index (χ4n) is 9.58. The van der Waals surface area contributed by atoms with Crippen LogP contribution in [0.15, 0.2) is 72.9 Å². The molecular formula is C71H128O16P2. The van der Waals surface area contributed by atoms with Crippen molar-refractivity contribution in [2.75, 3.05) is 39.6 Å². The molecule has 0 heterocycles. The van der Waals surface area contributed by atoms with E-state index in [0.717, 1.165) is 116 Å². The molecular weight excluding hydrogens is 1170 g/mol. The first-order valence-electron chi connectivity index (χ1n) is 35.2. The van der Waals surface area contributed by atoms with E-state index in [1.54, 1.807) is 0 Å². The Kier molecular flexibility index (Phi) is 62.9. The van der Waals surface area contributed by atoms with Gasteiger partial charge < -0.3 is 34.2 Å². The Morgan fingerprint density at radius 2 is 0.596 bits per heavy atom. The molecule has 5 atom stereocenters. The second kappa shape index (κ2) is 65.1. The van der Waals surface area contributed by atoms with Gasteiger partial charge in [-0.05, 0) is 70.6 Å². The van der Waals surface area contributed by atoms with Crippen LogP contribution in [0.5, 0.6) is 0 Å². The number of carbonyl (C=O) groups excluding carboxylic acids is 3. The maximum Gasteiger partial charge on any atom is 0.472 e. The zero-order valence-electron chi connectivity index (χ0n) is 56.1. The summed E-state index contributed by atoms with van der Waals surface area (Å²) in [6.45, 7) is 2.57. The molecule has 0 aliphatic carbocycles. The maximum atomic E-state index is 12.9. The predicted molar refractivity (Wildman–Crippen MR) is 362 cm³/mol. The summed E-state index contributed by atoms with van der Waals surface area (Å²) in [4.78, 5) is 58.3. The first kappa shape index (κ1) is 86.0. The molecule has 4 N–H and O–H groups in total. The highest BCUT2D eigenvalue weighted by Crippen LogP contribution is 2.45. The number of phosphoric ester groups is 2. The zero-order valence-corrected chi connectivity index (χ0v) is 57.9. The first-order chi connectivity index (χ1) is 43.2. The molecule has 0 aromatic carbocycles. The van der Waals surface area contributed by atoms with E-state index >= 15 is 0 Å². The molecule has 0 bridgehead atoms. The number of esters is 3. The number of aliphatic hydroxyl groups is 2. The third-order valence-electron chi connectivity index (χ3n) is 14.9. The second-order valence-corrected chi connectivity index (χ2v) is 26.6. The Morgan fingerprint density at radius 3 is 0.944 bits per heavy atom. The van der Waals surface area contributed by atoms with Crippen LogP contribution in [0.4, 0.5) is 0 Å². The molecule has 0 amide bonds. The van der Waals surface area contributed by atoms with Crippen molar-refractivity contribution in [2.45, 2.75) is 322 Å². The average molecular weight is 1300 g/mol. The molecule has 0 radical (unpaired) electrons. The largest absolute Gasteiger partial charge is 0.472 e. The van der Waals surface area contributed by atoms with E-state index in [-0.39, 0.29) is 19.3 Å². The molecule has 16 nitrogen and oxygen atoms in total. The van der Waals surface area contributed by atoms with E-state index in [1.165, 1.54) is 128 Å². The minimum Gasteiger partial charge on any atom is -0.463 e. The van der Waals surface area contributed by atoms with Gasteiger partial charge in [0.2, 0.25) is 0 Å². The van der Waals surface area contributed by atoms with Crippen LogP contribution in [0.2, 0.25) is 0 Å². The molecule has 0 saturated carbocycles. The van der Waals surface area contributed by atoms with Gasteiger partial charge in [0, 0.05) is 19.3 Å². The van der Waals surface area contributed by atoms with Gasteiger partial charge in [-0.15, -0.1) is 0 Å². The van der Waals surface area contributed by atoms with Crippen LogP contribution < -0.4 is 0 Å². The SMILES string of the molecule is CC/C=C\C/C=C\C/C=C\C/C=C\C/C=C\C/C=C\CCCCCCCCCCC(=O)OCC(O)COP(=O)(O)OCC(O)COP(=O)(O)OCC(COC(=O)CCCCCCCCCCCCCCCCC)OC(=O)CCCCCCCCCCCCC. The quantitative estimate of drug-likeness (QED) is 0.0146. The molecule has 0 rings (SSSR count). The van der Waals surface area contributed by atoms with Crippen molar-refractivity contribution < 1.29 is 75.8 Å². The summed E-state index contributed by atoms with van der Waals surface area (Å²) in [6.07, 6.45) is 68.2. The Bertz CT molecular complexity index is 1920. The van der Waals surface area contributed by atoms with Crippen molar-refractivity contribution in [3.05, 3.63) is 72.9 Å². The number of rotatable bonds is 67. The first-order valence-corrected chi connectivity index (χ1v) is 38.2. The highest BCUT2D eigenvalue weighted by molar-refractivity contribution is 7.47. The van der Waals surface area contributed by atoms with Gasteiger partial charge in [-0.1, -0.05) is 286 Å². The molecule has 5 unspecified atom stereocenters. The van der Waals surface area contributed by atoms with Gasteiger partial charge in [0.15, 0.2) is 6.10 Å². The Balaban J connectivity index is 4.45. The molecule has 0 spiro atoms. The van der Waals surface area contributed by atoms with E-state index in [1.807, 2.05) is 0 Å². The molecule has 0 aromatic heterocycles. The number of phosphoric acid groups is 2. The van der Waals surface area contributed by atoms with Crippen molar-refractivity contribution in [1.82, 2.24) is 0 Å². The van der Waals surface area contributed by atoms with Gasteiger partial charge in [0.1, 0.15) is 25.4 Å². The van der Waals surface area contributed by atoms with Crippen molar-refractivity contribution in [3.63, 3.8) is 0 Å². The summed E-state index contributed by atoms with van der Waals surface area (Å²) in [7, 11) is -9.76. The number of hydrogen-bond donors (Lipinski definition) is 4. The van der Waals surface area contributed by atoms with Crippen LogP contribution in [0.3, 0.4) is 0 Å². The van der Waals surface area contributed by atoms with E-state index in [4.69, 9.17) is 32.3 Å². The lowest BCUT2D eigenvalue weighted by molar-refractivity contribution is -0.161. The number of unbranched alkanes of at least 4 members (excludes halogenated alkanes) is 32. The summed E-state index contributed by atoms with van der Waals surface area (Å²) in [5, 5.41) is 20.5. The molecule has 0 fully saturated rings. The average Bonchev–Trinajstić information content (AvgIpc) is 3.56. The lowest BCUT2D eigenvalue weighted by Crippen LogP contribution is -2.30. The molecule has 0 aliphatic heterocycles. The minimum atomic E-state index is -4.91. The fourth-order valence-corrected chi connectivity index (χ4v) is 11.2. The summed E-state index contributed by atoms with van der Waals surface area (Å²) < 4.78 is 60.8. The molecule has 0 saturated heterocycles. The van der Waals surface area contributed by atoms with E-state index < -0.39 is 91.5 Å². The van der Waals surface area contributed by atoms with Gasteiger partial charge in [-0.2, -0.15) is 0 Å². The molecule has 0 aliphatic rings. The zero-order chi connectivity index (χ0) is 65.3. The highest BCUT2D eigenvalue weighted by Gasteiger charge is 2.29. The van der Waals surface area contributed by atoms with Crippen LogP contribution in [0.25, 0.3) is 0 Å². The summed E-state index contributed by atoms with van der Waals surface area (Å²) in [6, 6.07) is 0. The Hall–Kier alpha value is -3.01. The highest BCUT2D eigenvalue weighted by atomic mass is 31.2. The molecule has 18 heteroatoms. The fraction of sp³-hybridized carbons (Fsp3) is 0.789. The summed E-state index contributed by atoms with van der Waals surface area (Å²) >= 11 is 0. The number of ether oxygens (including phenoxy) is 3.